The number of ether oxygens (including phenoxy) is 2. The van der Waals surface area contributed by atoms with Gasteiger partial charge in [-0.15, -0.1) is 0 Å². The van der Waals surface area contributed by atoms with Gasteiger partial charge in [0, 0.05) is 33.4 Å². The maximum Gasteiger partial charge on any atom is 0.225 e. The molecular weight excluding hydrogens is 196 g/mol. The molecule has 0 aromatic rings. The third kappa shape index (κ3) is 5.11. The summed E-state index contributed by atoms with van der Waals surface area (Å²) in [6, 6.07) is 0. The molecular formula is C10H20N2O3. The first kappa shape index (κ1) is 12.4. The molecule has 1 atom stereocenters. The quantitative estimate of drug-likeness (QED) is 0.557. The monoisotopic (exact) mass is 216 g/mol. The minimum Gasteiger partial charge on any atom is -0.383 e. The number of hydrogen-bond acceptors (Lipinski definition) is 4. The standard InChI is InChI=1S/C10H20N2O3/c1-14-7-5-11-3-4-12-10(13)9-2-6-15-8-9/h9,11H,2-8H2,1H3,(H,12,13). The highest BCUT2D eigenvalue weighted by Crippen LogP contribution is 2.11. The van der Waals surface area contributed by atoms with E-state index in [0.717, 1.165) is 19.5 Å². The van der Waals surface area contributed by atoms with Crippen LogP contribution in [0.15, 0.2) is 0 Å². The molecule has 1 saturated heterocycles. The van der Waals surface area contributed by atoms with Gasteiger partial charge in [-0.25, -0.2) is 0 Å². The van der Waals surface area contributed by atoms with E-state index in [4.69, 9.17) is 9.47 Å². The number of rotatable bonds is 7. The molecule has 5 heteroatoms. The Labute approximate surface area is 90.5 Å². The summed E-state index contributed by atoms with van der Waals surface area (Å²) < 4.78 is 10.0. The van der Waals surface area contributed by atoms with Crippen molar-refractivity contribution in [2.75, 3.05) is 46.6 Å². The molecule has 1 unspecified atom stereocenters. The van der Waals surface area contributed by atoms with Gasteiger partial charge in [-0.2, -0.15) is 0 Å². The first-order valence-electron chi connectivity index (χ1n) is 5.39. The molecule has 1 fully saturated rings. The fraction of sp³-hybridized carbons (Fsp3) is 0.900. The lowest BCUT2D eigenvalue weighted by atomic mass is 10.1. The van der Waals surface area contributed by atoms with Gasteiger partial charge in [0.25, 0.3) is 0 Å². The number of methoxy groups -OCH3 is 1. The van der Waals surface area contributed by atoms with Gasteiger partial charge < -0.3 is 20.1 Å². The Morgan fingerprint density at radius 2 is 2.33 bits per heavy atom. The minimum atomic E-state index is 0.0592. The van der Waals surface area contributed by atoms with Crippen molar-refractivity contribution in [2.24, 2.45) is 5.92 Å². The Balaban J connectivity index is 1.92. The lowest BCUT2D eigenvalue weighted by Crippen LogP contribution is -2.36. The molecule has 1 amide bonds. The summed E-state index contributed by atoms with van der Waals surface area (Å²) in [4.78, 5) is 11.5. The van der Waals surface area contributed by atoms with E-state index >= 15 is 0 Å². The maximum absolute atomic E-state index is 11.5. The Morgan fingerprint density at radius 1 is 1.47 bits per heavy atom. The fourth-order valence-electron chi connectivity index (χ4n) is 1.46. The van der Waals surface area contributed by atoms with Gasteiger partial charge >= 0.3 is 0 Å². The van der Waals surface area contributed by atoms with Gasteiger partial charge in [0.2, 0.25) is 5.91 Å². The second-order valence-electron chi connectivity index (χ2n) is 3.59. The van der Waals surface area contributed by atoms with Gasteiger partial charge in [0.1, 0.15) is 0 Å². The molecule has 15 heavy (non-hydrogen) atoms. The van der Waals surface area contributed by atoms with Crippen LogP contribution in [0.4, 0.5) is 0 Å². The van der Waals surface area contributed by atoms with Gasteiger partial charge in [-0.3, -0.25) is 4.79 Å². The predicted octanol–water partition coefficient (Wildman–Crippen LogP) is -0.625. The minimum absolute atomic E-state index is 0.0592. The highest BCUT2D eigenvalue weighted by Gasteiger charge is 2.22. The molecule has 0 aromatic carbocycles. The van der Waals surface area contributed by atoms with E-state index in [1.165, 1.54) is 0 Å². The SMILES string of the molecule is COCCNCCNC(=O)C1CCOC1. The summed E-state index contributed by atoms with van der Waals surface area (Å²) in [5, 5.41) is 6.04. The normalized spacial score (nSPS) is 20.5. The second-order valence-corrected chi connectivity index (χ2v) is 3.59. The molecule has 0 saturated carbocycles. The van der Waals surface area contributed by atoms with Crippen molar-refractivity contribution in [1.29, 1.82) is 0 Å². The second kappa shape index (κ2) is 7.62. The summed E-state index contributed by atoms with van der Waals surface area (Å²) in [5.41, 5.74) is 0. The molecule has 1 aliphatic rings. The van der Waals surface area contributed by atoms with Crippen LogP contribution in [0, 0.1) is 5.92 Å². The van der Waals surface area contributed by atoms with E-state index < -0.39 is 0 Å². The van der Waals surface area contributed by atoms with Crippen molar-refractivity contribution in [3.05, 3.63) is 0 Å². The van der Waals surface area contributed by atoms with Crippen molar-refractivity contribution in [2.45, 2.75) is 6.42 Å². The molecule has 0 spiro atoms. The molecule has 2 N–H and O–H groups in total. The van der Waals surface area contributed by atoms with Crippen molar-refractivity contribution in [3.63, 3.8) is 0 Å². The lowest BCUT2D eigenvalue weighted by Gasteiger charge is -2.09. The number of carbonyl (C=O) groups is 1. The van der Waals surface area contributed by atoms with Crippen LogP contribution in [0.1, 0.15) is 6.42 Å². The van der Waals surface area contributed by atoms with Gasteiger partial charge in [0.15, 0.2) is 0 Å². The van der Waals surface area contributed by atoms with Crippen molar-refractivity contribution in [3.8, 4) is 0 Å². The predicted molar refractivity (Wildman–Crippen MR) is 56.7 cm³/mol. The Bertz CT molecular complexity index is 182. The summed E-state index contributed by atoms with van der Waals surface area (Å²) in [7, 11) is 1.67. The fourth-order valence-corrected chi connectivity index (χ4v) is 1.46. The summed E-state index contributed by atoms with van der Waals surface area (Å²) in [6.07, 6.45) is 0.850. The zero-order valence-corrected chi connectivity index (χ0v) is 9.25. The third-order valence-corrected chi connectivity index (χ3v) is 2.38. The van der Waals surface area contributed by atoms with Crippen molar-refractivity contribution < 1.29 is 14.3 Å². The highest BCUT2D eigenvalue weighted by atomic mass is 16.5. The van der Waals surface area contributed by atoms with Crippen LogP contribution < -0.4 is 10.6 Å². The van der Waals surface area contributed by atoms with Crippen LogP contribution in [-0.2, 0) is 14.3 Å². The zero-order valence-electron chi connectivity index (χ0n) is 9.25. The molecule has 0 radical (unpaired) electrons. The topological polar surface area (TPSA) is 59.6 Å². The van der Waals surface area contributed by atoms with Crippen molar-refractivity contribution >= 4 is 5.91 Å². The third-order valence-electron chi connectivity index (χ3n) is 2.38. The summed E-state index contributed by atoms with van der Waals surface area (Å²) >= 11 is 0. The van der Waals surface area contributed by atoms with E-state index in [-0.39, 0.29) is 11.8 Å². The molecule has 88 valence electrons. The number of carbonyl (C=O) groups excluding carboxylic acids is 1. The van der Waals surface area contributed by atoms with Crippen LogP contribution >= 0.6 is 0 Å². The van der Waals surface area contributed by atoms with Crippen molar-refractivity contribution in [1.82, 2.24) is 10.6 Å². The molecule has 0 aliphatic carbocycles. The van der Waals surface area contributed by atoms with E-state index in [1.54, 1.807) is 7.11 Å². The lowest BCUT2D eigenvalue weighted by molar-refractivity contribution is -0.124. The molecule has 1 rings (SSSR count). The van der Waals surface area contributed by atoms with Crippen LogP contribution in [-0.4, -0.2) is 52.5 Å². The van der Waals surface area contributed by atoms with Gasteiger partial charge in [-0.05, 0) is 6.42 Å². The average Bonchev–Trinajstić information content (AvgIpc) is 2.76. The molecule has 1 aliphatic heterocycles. The molecule has 1 heterocycles. The Hall–Kier alpha value is -0.650. The van der Waals surface area contributed by atoms with Gasteiger partial charge in [0.05, 0.1) is 19.1 Å². The van der Waals surface area contributed by atoms with E-state index in [0.29, 0.717) is 26.4 Å². The Kier molecular flexibility index (Phi) is 6.31. The number of hydrogen-bond donors (Lipinski definition) is 2. The van der Waals surface area contributed by atoms with Crippen LogP contribution in [0.3, 0.4) is 0 Å². The van der Waals surface area contributed by atoms with E-state index in [9.17, 15) is 4.79 Å². The molecule has 0 bridgehead atoms. The summed E-state index contributed by atoms with van der Waals surface area (Å²) in [5.74, 6) is 0.171. The average molecular weight is 216 g/mol. The van der Waals surface area contributed by atoms with Gasteiger partial charge in [-0.1, -0.05) is 0 Å². The summed E-state index contributed by atoms with van der Waals surface area (Å²) in [6.45, 7) is 4.25. The first-order valence-corrected chi connectivity index (χ1v) is 5.39. The molecule has 0 aromatic heterocycles. The number of amides is 1. The Morgan fingerprint density at radius 3 is 3.00 bits per heavy atom. The first-order chi connectivity index (χ1) is 7.34. The van der Waals surface area contributed by atoms with Crippen LogP contribution in [0.2, 0.25) is 0 Å². The van der Waals surface area contributed by atoms with E-state index in [2.05, 4.69) is 10.6 Å². The largest absolute Gasteiger partial charge is 0.383 e. The highest BCUT2D eigenvalue weighted by molar-refractivity contribution is 5.78. The van der Waals surface area contributed by atoms with E-state index in [1.807, 2.05) is 0 Å². The maximum atomic E-state index is 11.5. The number of nitrogens with one attached hydrogen (secondary N) is 2. The smallest absolute Gasteiger partial charge is 0.225 e. The molecule has 5 nitrogen and oxygen atoms in total. The zero-order chi connectivity index (χ0) is 10.9. The van der Waals surface area contributed by atoms with Crippen LogP contribution in [0.25, 0.3) is 0 Å². The van der Waals surface area contributed by atoms with Crippen LogP contribution in [0.5, 0.6) is 0 Å².